The van der Waals surface area contributed by atoms with Crippen molar-refractivity contribution in [2.45, 2.75) is 70.3 Å². The summed E-state index contributed by atoms with van der Waals surface area (Å²) in [6.45, 7) is 5.16. The summed E-state index contributed by atoms with van der Waals surface area (Å²) in [6, 6.07) is 10.8. The quantitative estimate of drug-likeness (QED) is 0.895. The first-order valence-corrected chi connectivity index (χ1v) is 8.32. The molecule has 0 saturated carbocycles. The molecule has 0 spiro atoms. The zero-order chi connectivity index (χ0) is 14.8. The number of nitrogens with one attached hydrogen (secondary N) is 1. The van der Waals surface area contributed by atoms with E-state index in [0.29, 0.717) is 0 Å². The first kappa shape index (κ1) is 17.6. The van der Waals surface area contributed by atoms with Crippen molar-refractivity contribution in [3.05, 3.63) is 29.8 Å². The van der Waals surface area contributed by atoms with Gasteiger partial charge in [0.15, 0.2) is 0 Å². The Morgan fingerprint density at radius 3 is 2.55 bits per heavy atom. The third-order valence-electron chi connectivity index (χ3n) is 4.77. The van der Waals surface area contributed by atoms with Gasteiger partial charge in [-0.15, -0.1) is 12.4 Å². The molecular formula is C18H29ClN2O. The Hall–Kier alpha value is -0.770. The van der Waals surface area contributed by atoms with Crippen molar-refractivity contribution >= 4 is 12.4 Å². The van der Waals surface area contributed by atoms with Crippen LogP contribution in [0, 0.1) is 0 Å². The van der Waals surface area contributed by atoms with Gasteiger partial charge in [0.1, 0.15) is 5.75 Å². The highest BCUT2D eigenvalue weighted by molar-refractivity contribution is 5.85. The molecule has 0 radical (unpaired) electrons. The van der Waals surface area contributed by atoms with E-state index in [4.69, 9.17) is 4.74 Å². The van der Waals surface area contributed by atoms with Gasteiger partial charge in [0.05, 0.1) is 6.10 Å². The molecule has 124 valence electrons. The van der Waals surface area contributed by atoms with E-state index >= 15 is 0 Å². The van der Waals surface area contributed by atoms with Gasteiger partial charge in [-0.05, 0) is 64.3 Å². The van der Waals surface area contributed by atoms with Crippen LogP contribution in [0.3, 0.4) is 0 Å². The molecule has 2 atom stereocenters. The highest BCUT2D eigenvalue weighted by atomic mass is 35.5. The summed E-state index contributed by atoms with van der Waals surface area (Å²) in [4.78, 5) is 2.53. The van der Waals surface area contributed by atoms with Crippen molar-refractivity contribution in [2.75, 3.05) is 7.05 Å². The molecule has 4 heteroatoms. The van der Waals surface area contributed by atoms with Gasteiger partial charge in [0, 0.05) is 24.7 Å². The second-order valence-electron chi connectivity index (χ2n) is 6.99. The molecule has 2 unspecified atom stereocenters. The number of hydrogen-bond acceptors (Lipinski definition) is 3. The molecule has 2 heterocycles. The lowest BCUT2D eigenvalue weighted by Crippen LogP contribution is -2.46. The zero-order valence-electron chi connectivity index (χ0n) is 13.9. The van der Waals surface area contributed by atoms with Gasteiger partial charge in [-0.25, -0.2) is 0 Å². The molecule has 2 saturated heterocycles. The topological polar surface area (TPSA) is 24.5 Å². The van der Waals surface area contributed by atoms with E-state index in [1.807, 2.05) is 6.07 Å². The zero-order valence-corrected chi connectivity index (χ0v) is 14.7. The SMILES string of the molecule is CC(C)Oc1cccc(CN(C)C2CC3CCC(C2)N3)c1.Cl. The lowest BCUT2D eigenvalue weighted by molar-refractivity contribution is 0.165. The van der Waals surface area contributed by atoms with E-state index in [-0.39, 0.29) is 18.5 Å². The molecule has 3 nitrogen and oxygen atoms in total. The summed E-state index contributed by atoms with van der Waals surface area (Å²) < 4.78 is 5.80. The maximum Gasteiger partial charge on any atom is 0.120 e. The van der Waals surface area contributed by atoms with E-state index in [1.54, 1.807) is 0 Å². The predicted octanol–water partition coefficient (Wildman–Crippen LogP) is 3.61. The molecule has 1 N–H and O–H groups in total. The van der Waals surface area contributed by atoms with Gasteiger partial charge in [0.2, 0.25) is 0 Å². The van der Waals surface area contributed by atoms with Crippen molar-refractivity contribution in [1.29, 1.82) is 0 Å². The second-order valence-corrected chi connectivity index (χ2v) is 6.99. The molecule has 2 aliphatic heterocycles. The number of piperidine rings is 1. The third-order valence-corrected chi connectivity index (χ3v) is 4.77. The molecule has 3 rings (SSSR count). The van der Waals surface area contributed by atoms with Gasteiger partial charge >= 0.3 is 0 Å². The molecule has 2 bridgehead atoms. The van der Waals surface area contributed by atoms with Crippen LogP contribution in [-0.2, 0) is 6.54 Å². The monoisotopic (exact) mass is 324 g/mol. The largest absolute Gasteiger partial charge is 0.491 e. The Morgan fingerprint density at radius 2 is 1.91 bits per heavy atom. The first-order chi connectivity index (χ1) is 10.1. The average Bonchev–Trinajstić information content (AvgIpc) is 2.77. The molecule has 1 aromatic rings. The minimum absolute atomic E-state index is 0. The average molecular weight is 325 g/mol. The van der Waals surface area contributed by atoms with Crippen LogP contribution in [0.5, 0.6) is 5.75 Å². The molecule has 0 aromatic heterocycles. The summed E-state index contributed by atoms with van der Waals surface area (Å²) in [6.07, 6.45) is 5.57. The van der Waals surface area contributed by atoms with Crippen LogP contribution in [0.1, 0.15) is 45.1 Å². The summed E-state index contributed by atoms with van der Waals surface area (Å²) in [7, 11) is 2.27. The smallest absolute Gasteiger partial charge is 0.120 e. The number of benzene rings is 1. The van der Waals surface area contributed by atoms with Crippen LogP contribution in [0.2, 0.25) is 0 Å². The van der Waals surface area contributed by atoms with Crippen LogP contribution in [0.25, 0.3) is 0 Å². The number of fused-ring (bicyclic) bond motifs is 2. The van der Waals surface area contributed by atoms with Crippen molar-refractivity contribution < 1.29 is 4.74 Å². The second kappa shape index (κ2) is 7.67. The van der Waals surface area contributed by atoms with E-state index < -0.39 is 0 Å². The Labute approximate surface area is 140 Å². The fraction of sp³-hybridized carbons (Fsp3) is 0.667. The van der Waals surface area contributed by atoms with Crippen LogP contribution < -0.4 is 10.1 Å². The maximum atomic E-state index is 5.80. The standard InChI is InChI=1S/C18H28N2O.ClH/c1-13(2)21-18-6-4-5-14(9-18)12-20(3)17-10-15-7-8-16(11-17)19-15;/h4-6,9,13,15-17,19H,7-8,10-12H2,1-3H3;1H. The number of ether oxygens (including phenoxy) is 1. The summed E-state index contributed by atoms with van der Waals surface area (Å²) in [5.41, 5.74) is 1.35. The van der Waals surface area contributed by atoms with Crippen molar-refractivity contribution in [2.24, 2.45) is 0 Å². The minimum atomic E-state index is 0. The normalized spacial score (nSPS) is 27.0. The number of halogens is 1. The van der Waals surface area contributed by atoms with E-state index in [2.05, 4.69) is 49.3 Å². The van der Waals surface area contributed by atoms with Crippen LogP contribution in [-0.4, -0.2) is 36.2 Å². The van der Waals surface area contributed by atoms with Crippen molar-refractivity contribution in [3.63, 3.8) is 0 Å². The van der Waals surface area contributed by atoms with E-state index in [1.165, 1.54) is 31.2 Å². The minimum Gasteiger partial charge on any atom is -0.491 e. The summed E-state index contributed by atoms with van der Waals surface area (Å²) in [5.74, 6) is 0.987. The van der Waals surface area contributed by atoms with E-state index in [0.717, 1.165) is 30.4 Å². The van der Waals surface area contributed by atoms with Gasteiger partial charge < -0.3 is 10.1 Å². The number of nitrogens with zero attached hydrogens (tertiary/aromatic N) is 1. The third kappa shape index (κ3) is 4.37. The fourth-order valence-corrected chi connectivity index (χ4v) is 3.79. The molecule has 22 heavy (non-hydrogen) atoms. The van der Waals surface area contributed by atoms with Crippen LogP contribution >= 0.6 is 12.4 Å². The Morgan fingerprint density at radius 1 is 1.23 bits per heavy atom. The summed E-state index contributed by atoms with van der Waals surface area (Å²) >= 11 is 0. The molecule has 0 amide bonds. The predicted molar refractivity (Wildman–Crippen MR) is 93.9 cm³/mol. The highest BCUT2D eigenvalue weighted by Gasteiger charge is 2.34. The van der Waals surface area contributed by atoms with Gasteiger partial charge in [-0.1, -0.05) is 12.1 Å². The molecule has 2 fully saturated rings. The van der Waals surface area contributed by atoms with Crippen LogP contribution in [0.15, 0.2) is 24.3 Å². The molecule has 0 aliphatic carbocycles. The highest BCUT2D eigenvalue weighted by Crippen LogP contribution is 2.30. The Kier molecular flexibility index (Phi) is 6.13. The number of rotatable bonds is 5. The van der Waals surface area contributed by atoms with Crippen molar-refractivity contribution in [3.8, 4) is 5.75 Å². The van der Waals surface area contributed by atoms with Crippen molar-refractivity contribution in [1.82, 2.24) is 10.2 Å². The molecule has 2 aliphatic rings. The van der Waals surface area contributed by atoms with E-state index in [9.17, 15) is 0 Å². The molecular weight excluding hydrogens is 296 g/mol. The fourth-order valence-electron chi connectivity index (χ4n) is 3.79. The van der Waals surface area contributed by atoms with Gasteiger partial charge in [-0.3, -0.25) is 4.90 Å². The van der Waals surface area contributed by atoms with Gasteiger partial charge in [0.25, 0.3) is 0 Å². The lowest BCUT2D eigenvalue weighted by atomic mass is 9.98. The Balaban J connectivity index is 0.00000176. The maximum absolute atomic E-state index is 5.80. The Bertz CT molecular complexity index is 468. The molecule has 1 aromatic carbocycles. The number of hydrogen-bond donors (Lipinski definition) is 1. The van der Waals surface area contributed by atoms with Gasteiger partial charge in [-0.2, -0.15) is 0 Å². The van der Waals surface area contributed by atoms with Crippen LogP contribution in [0.4, 0.5) is 0 Å². The summed E-state index contributed by atoms with van der Waals surface area (Å²) in [5, 5.41) is 3.72. The first-order valence-electron chi connectivity index (χ1n) is 8.32. The lowest BCUT2D eigenvalue weighted by Gasteiger charge is -2.35.